The minimum atomic E-state index is 0.275. The van der Waals surface area contributed by atoms with Crippen molar-refractivity contribution >= 4 is 0 Å². The highest BCUT2D eigenvalue weighted by molar-refractivity contribution is 5.05. The average Bonchev–Trinajstić information content (AvgIpc) is 2.14. The lowest BCUT2D eigenvalue weighted by atomic mass is 10.1. The first-order valence-electron chi connectivity index (χ1n) is 2.88. The maximum atomic E-state index is 8.59. The van der Waals surface area contributed by atoms with Gasteiger partial charge >= 0.3 is 0 Å². The van der Waals surface area contributed by atoms with E-state index in [1.807, 2.05) is 6.08 Å². The summed E-state index contributed by atoms with van der Waals surface area (Å²) in [6.07, 6.45) is 3.83. The van der Waals surface area contributed by atoms with Crippen molar-refractivity contribution in [3.63, 3.8) is 0 Å². The van der Waals surface area contributed by atoms with Crippen LogP contribution < -0.4 is 5.73 Å². The molecule has 2 heteroatoms. The summed E-state index contributed by atoms with van der Waals surface area (Å²) >= 11 is 0. The van der Waals surface area contributed by atoms with E-state index >= 15 is 0 Å². The van der Waals surface area contributed by atoms with E-state index in [1.165, 1.54) is 0 Å². The molecule has 0 heterocycles. The zero-order valence-electron chi connectivity index (χ0n) is 4.80. The Morgan fingerprint density at radius 3 is 2.88 bits per heavy atom. The quantitative estimate of drug-likeness (QED) is 0.511. The van der Waals surface area contributed by atoms with Crippen LogP contribution in [0, 0.1) is 5.92 Å². The predicted molar refractivity (Wildman–Crippen MR) is 32.1 cm³/mol. The second-order valence-corrected chi connectivity index (χ2v) is 2.27. The topological polar surface area (TPSA) is 46.2 Å². The molecule has 1 aliphatic carbocycles. The molecule has 0 bridgehead atoms. The number of rotatable bonds is 1. The summed E-state index contributed by atoms with van der Waals surface area (Å²) in [5, 5.41) is 8.59. The molecule has 1 aliphatic rings. The van der Waals surface area contributed by atoms with Gasteiger partial charge in [-0.05, 0) is 18.8 Å². The Bertz CT molecular complexity index is 109. The molecule has 0 radical (unpaired) electrons. The third kappa shape index (κ3) is 1.01. The summed E-state index contributed by atoms with van der Waals surface area (Å²) < 4.78 is 0. The molecule has 3 N–H and O–H groups in total. The van der Waals surface area contributed by atoms with Crippen LogP contribution in [0.4, 0.5) is 0 Å². The second-order valence-electron chi connectivity index (χ2n) is 2.27. The van der Waals surface area contributed by atoms with Crippen LogP contribution >= 0.6 is 0 Å². The molecule has 0 aliphatic heterocycles. The van der Waals surface area contributed by atoms with Crippen molar-refractivity contribution in [2.45, 2.75) is 12.8 Å². The molecule has 1 unspecified atom stereocenters. The number of hydrogen-bond donors (Lipinski definition) is 2. The average molecular weight is 113 g/mol. The molecule has 0 spiro atoms. The Kier molecular flexibility index (Phi) is 1.53. The Balaban J connectivity index is 2.32. The third-order valence-corrected chi connectivity index (χ3v) is 1.50. The maximum Gasteiger partial charge on any atom is 0.0465 e. The smallest absolute Gasteiger partial charge is 0.0465 e. The van der Waals surface area contributed by atoms with Crippen LogP contribution in [0.25, 0.3) is 0 Å². The van der Waals surface area contributed by atoms with Crippen molar-refractivity contribution in [3.05, 3.63) is 11.8 Å². The molecule has 0 aromatic rings. The van der Waals surface area contributed by atoms with Gasteiger partial charge in [-0.15, -0.1) is 0 Å². The van der Waals surface area contributed by atoms with E-state index in [9.17, 15) is 0 Å². The SMILES string of the molecule is NC1=CCC(CO)C1. The van der Waals surface area contributed by atoms with Gasteiger partial charge in [-0.1, -0.05) is 6.08 Å². The van der Waals surface area contributed by atoms with Gasteiger partial charge in [0, 0.05) is 12.3 Å². The molecule has 1 atom stereocenters. The van der Waals surface area contributed by atoms with Crippen molar-refractivity contribution in [2.24, 2.45) is 11.7 Å². The summed E-state index contributed by atoms with van der Waals surface area (Å²) in [6, 6.07) is 0. The molecule has 0 aromatic carbocycles. The molecular formula is C6H11NO. The van der Waals surface area contributed by atoms with Gasteiger partial charge in [0.15, 0.2) is 0 Å². The summed E-state index contributed by atoms with van der Waals surface area (Å²) in [5.41, 5.74) is 6.38. The summed E-state index contributed by atoms with van der Waals surface area (Å²) in [5.74, 6) is 0.412. The van der Waals surface area contributed by atoms with Crippen LogP contribution in [0.15, 0.2) is 11.8 Å². The fourth-order valence-corrected chi connectivity index (χ4v) is 0.957. The normalized spacial score (nSPS) is 28.1. The Morgan fingerprint density at radius 1 is 1.88 bits per heavy atom. The molecular weight excluding hydrogens is 102 g/mol. The zero-order valence-corrected chi connectivity index (χ0v) is 4.80. The molecule has 0 aromatic heterocycles. The molecule has 0 saturated carbocycles. The lowest BCUT2D eigenvalue weighted by molar-refractivity contribution is 0.232. The van der Waals surface area contributed by atoms with E-state index in [2.05, 4.69) is 0 Å². The van der Waals surface area contributed by atoms with Gasteiger partial charge in [-0.25, -0.2) is 0 Å². The predicted octanol–water partition coefficient (Wildman–Crippen LogP) is 0.231. The number of aliphatic hydroxyl groups is 1. The number of nitrogens with two attached hydrogens (primary N) is 1. The number of aliphatic hydroxyl groups excluding tert-OH is 1. The van der Waals surface area contributed by atoms with Gasteiger partial charge in [0.2, 0.25) is 0 Å². The van der Waals surface area contributed by atoms with Crippen LogP contribution in [-0.4, -0.2) is 11.7 Å². The Labute approximate surface area is 49.0 Å². The van der Waals surface area contributed by atoms with E-state index in [1.54, 1.807) is 0 Å². The molecule has 0 amide bonds. The summed E-state index contributed by atoms with van der Waals surface area (Å²) in [7, 11) is 0. The summed E-state index contributed by atoms with van der Waals surface area (Å²) in [6.45, 7) is 0.275. The highest BCUT2D eigenvalue weighted by atomic mass is 16.3. The lowest BCUT2D eigenvalue weighted by Gasteiger charge is -2.01. The molecule has 46 valence electrons. The monoisotopic (exact) mass is 113 g/mol. The molecule has 1 rings (SSSR count). The number of allylic oxidation sites excluding steroid dienone is 2. The minimum absolute atomic E-state index is 0.275. The van der Waals surface area contributed by atoms with E-state index in [0.717, 1.165) is 18.5 Å². The molecule has 2 nitrogen and oxygen atoms in total. The summed E-state index contributed by atoms with van der Waals surface area (Å²) in [4.78, 5) is 0. The van der Waals surface area contributed by atoms with Crippen molar-refractivity contribution in [3.8, 4) is 0 Å². The molecule has 8 heavy (non-hydrogen) atoms. The van der Waals surface area contributed by atoms with Crippen LogP contribution in [0.2, 0.25) is 0 Å². The van der Waals surface area contributed by atoms with E-state index in [-0.39, 0.29) is 6.61 Å². The highest BCUT2D eigenvalue weighted by Gasteiger charge is 2.12. The van der Waals surface area contributed by atoms with E-state index in [0.29, 0.717) is 5.92 Å². The standard InChI is InChI=1S/C6H11NO/c7-6-2-1-5(3-6)4-8/h2,5,8H,1,3-4,7H2. The van der Waals surface area contributed by atoms with E-state index < -0.39 is 0 Å². The largest absolute Gasteiger partial charge is 0.402 e. The highest BCUT2D eigenvalue weighted by Crippen LogP contribution is 2.19. The van der Waals surface area contributed by atoms with Gasteiger partial charge < -0.3 is 10.8 Å². The van der Waals surface area contributed by atoms with Crippen molar-refractivity contribution in [2.75, 3.05) is 6.61 Å². The first-order valence-corrected chi connectivity index (χ1v) is 2.88. The van der Waals surface area contributed by atoms with Crippen LogP contribution in [0.5, 0.6) is 0 Å². The minimum Gasteiger partial charge on any atom is -0.402 e. The van der Waals surface area contributed by atoms with Crippen LogP contribution in [-0.2, 0) is 0 Å². The van der Waals surface area contributed by atoms with Crippen LogP contribution in [0.1, 0.15) is 12.8 Å². The first-order chi connectivity index (χ1) is 3.83. The van der Waals surface area contributed by atoms with Crippen molar-refractivity contribution in [1.82, 2.24) is 0 Å². The van der Waals surface area contributed by atoms with Crippen LogP contribution in [0.3, 0.4) is 0 Å². The van der Waals surface area contributed by atoms with Gasteiger partial charge in [0.1, 0.15) is 0 Å². The van der Waals surface area contributed by atoms with Gasteiger partial charge in [0.25, 0.3) is 0 Å². The van der Waals surface area contributed by atoms with Crippen molar-refractivity contribution in [1.29, 1.82) is 0 Å². The third-order valence-electron chi connectivity index (χ3n) is 1.50. The first kappa shape index (κ1) is 5.63. The van der Waals surface area contributed by atoms with Gasteiger partial charge in [-0.3, -0.25) is 0 Å². The fraction of sp³-hybridized carbons (Fsp3) is 0.667. The molecule has 0 fully saturated rings. The van der Waals surface area contributed by atoms with E-state index in [4.69, 9.17) is 10.8 Å². The molecule has 0 saturated heterocycles. The maximum absolute atomic E-state index is 8.59. The second kappa shape index (κ2) is 2.18. The zero-order chi connectivity index (χ0) is 5.98. The fourth-order valence-electron chi connectivity index (χ4n) is 0.957. The Morgan fingerprint density at radius 2 is 2.62 bits per heavy atom. The van der Waals surface area contributed by atoms with Gasteiger partial charge in [0.05, 0.1) is 0 Å². The lowest BCUT2D eigenvalue weighted by Crippen LogP contribution is -2.02. The Hall–Kier alpha value is -0.500. The number of hydrogen-bond acceptors (Lipinski definition) is 2. The van der Waals surface area contributed by atoms with Gasteiger partial charge in [-0.2, -0.15) is 0 Å². The van der Waals surface area contributed by atoms with Crippen molar-refractivity contribution < 1.29 is 5.11 Å².